The van der Waals surface area contributed by atoms with Crippen molar-refractivity contribution in [2.45, 2.75) is 20.8 Å². The molecular formula is C17H18BrNO2. The van der Waals surface area contributed by atoms with Crippen molar-refractivity contribution in [3.8, 4) is 5.75 Å². The average Bonchev–Trinajstić information content (AvgIpc) is 2.45. The van der Waals surface area contributed by atoms with Gasteiger partial charge in [-0.1, -0.05) is 34.1 Å². The number of benzene rings is 2. The summed E-state index contributed by atoms with van der Waals surface area (Å²) >= 11 is 3.51. The summed E-state index contributed by atoms with van der Waals surface area (Å²) in [6.45, 7) is 5.95. The fraction of sp³-hybridized carbons (Fsp3) is 0.235. The topological polar surface area (TPSA) is 38.3 Å². The van der Waals surface area contributed by atoms with Crippen molar-refractivity contribution < 1.29 is 9.53 Å². The maximum Gasteiger partial charge on any atom is 0.262 e. The maximum atomic E-state index is 11.9. The van der Waals surface area contributed by atoms with Gasteiger partial charge in [0.15, 0.2) is 6.61 Å². The van der Waals surface area contributed by atoms with Crippen LogP contribution in [0.25, 0.3) is 0 Å². The quantitative estimate of drug-likeness (QED) is 0.890. The van der Waals surface area contributed by atoms with E-state index >= 15 is 0 Å². The SMILES string of the molecule is Cc1ccccc1NC(=O)COc1cc(C)c(Br)c(C)c1. The number of para-hydroxylation sites is 1. The Labute approximate surface area is 133 Å². The largest absolute Gasteiger partial charge is 0.484 e. The lowest BCUT2D eigenvalue weighted by Gasteiger charge is -2.11. The molecule has 0 radical (unpaired) electrons. The number of hydrogen-bond donors (Lipinski definition) is 1. The number of nitrogens with one attached hydrogen (secondary N) is 1. The van der Waals surface area contributed by atoms with Gasteiger partial charge in [0.2, 0.25) is 0 Å². The first-order valence-electron chi connectivity index (χ1n) is 6.72. The van der Waals surface area contributed by atoms with E-state index in [1.54, 1.807) is 0 Å². The van der Waals surface area contributed by atoms with Gasteiger partial charge in [-0.3, -0.25) is 4.79 Å². The van der Waals surface area contributed by atoms with E-state index in [2.05, 4.69) is 21.2 Å². The van der Waals surface area contributed by atoms with Crippen LogP contribution in [0.4, 0.5) is 5.69 Å². The van der Waals surface area contributed by atoms with Crippen LogP contribution in [-0.2, 0) is 4.79 Å². The van der Waals surface area contributed by atoms with Crippen molar-refractivity contribution in [3.63, 3.8) is 0 Å². The number of anilines is 1. The highest BCUT2D eigenvalue weighted by atomic mass is 79.9. The number of hydrogen-bond acceptors (Lipinski definition) is 2. The average molecular weight is 348 g/mol. The van der Waals surface area contributed by atoms with Gasteiger partial charge in [0.1, 0.15) is 5.75 Å². The fourth-order valence-corrected chi connectivity index (χ4v) is 2.27. The molecule has 1 N–H and O–H groups in total. The molecule has 0 aliphatic heterocycles. The van der Waals surface area contributed by atoms with Crippen molar-refractivity contribution in [2.75, 3.05) is 11.9 Å². The molecule has 3 nitrogen and oxygen atoms in total. The molecule has 0 aromatic heterocycles. The lowest BCUT2D eigenvalue weighted by Crippen LogP contribution is -2.20. The Morgan fingerprint density at radius 1 is 1.10 bits per heavy atom. The standard InChI is InChI=1S/C17H18BrNO2/c1-11-6-4-5-7-15(11)19-16(20)10-21-14-8-12(2)17(18)13(3)9-14/h4-9H,10H2,1-3H3,(H,19,20). The van der Waals surface area contributed by atoms with Crippen LogP contribution in [0.15, 0.2) is 40.9 Å². The Morgan fingerprint density at radius 2 is 1.71 bits per heavy atom. The van der Waals surface area contributed by atoms with E-state index < -0.39 is 0 Å². The molecule has 0 atom stereocenters. The van der Waals surface area contributed by atoms with Crippen molar-refractivity contribution in [1.29, 1.82) is 0 Å². The molecule has 2 aromatic rings. The molecule has 0 saturated heterocycles. The highest BCUT2D eigenvalue weighted by Crippen LogP contribution is 2.26. The second kappa shape index (κ2) is 6.76. The van der Waals surface area contributed by atoms with Gasteiger partial charge in [0.05, 0.1) is 0 Å². The van der Waals surface area contributed by atoms with Gasteiger partial charge in [-0.25, -0.2) is 0 Å². The third-order valence-corrected chi connectivity index (χ3v) is 4.45. The van der Waals surface area contributed by atoms with Crippen LogP contribution in [0.5, 0.6) is 5.75 Å². The Kier molecular flexibility index (Phi) is 5.02. The minimum atomic E-state index is -0.164. The van der Waals surface area contributed by atoms with E-state index in [4.69, 9.17) is 4.74 Å². The summed E-state index contributed by atoms with van der Waals surface area (Å²) in [6.07, 6.45) is 0. The molecule has 0 saturated carbocycles. The Hall–Kier alpha value is -1.81. The van der Waals surface area contributed by atoms with Crippen LogP contribution in [0.3, 0.4) is 0 Å². The van der Waals surface area contributed by atoms with Crippen LogP contribution in [0.2, 0.25) is 0 Å². The van der Waals surface area contributed by atoms with Gasteiger partial charge in [0, 0.05) is 10.2 Å². The molecule has 1 amide bonds. The van der Waals surface area contributed by atoms with E-state index in [1.807, 2.05) is 57.2 Å². The number of carbonyl (C=O) groups excluding carboxylic acids is 1. The summed E-state index contributed by atoms with van der Waals surface area (Å²) in [6, 6.07) is 11.5. The summed E-state index contributed by atoms with van der Waals surface area (Å²) in [5, 5.41) is 2.85. The third-order valence-electron chi connectivity index (χ3n) is 3.20. The molecule has 0 aliphatic rings. The number of aryl methyl sites for hydroxylation is 3. The third kappa shape index (κ3) is 4.08. The normalized spacial score (nSPS) is 10.3. The zero-order valence-electron chi connectivity index (χ0n) is 12.4. The number of halogens is 1. The van der Waals surface area contributed by atoms with Crippen LogP contribution in [0.1, 0.15) is 16.7 Å². The van der Waals surface area contributed by atoms with Gasteiger partial charge in [-0.05, 0) is 55.7 Å². The summed E-state index contributed by atoms with van der Waals surface area (Å²) < 4.78 is 6.63. The Morgan fingerprint density at radius 3 is 2.33 bits per heavy atom. The van der Waals surface area contributed by atoms with Crippen molar-refractivity contribution in [1.82, 2.24) is 0 Å². The van der Waals surface area contributed by atoms with E-state index in [9.17, 15) is 4.79 Å². The highest BCUT2D eigenvalue weighted by molar-refractivity contribution is 9.10. The van der Waals surface area contributed by atoms with Gasteiger partial charge >= 0.3 is 0 Å². The van der Waals surface area contributed by atoms with E-state index in [0.29, 0.717) is 5.75 Å². The first kappa shape index (κ1) is 15.6. The number of amides is 1. The molecule has 110 valence electrons. The van der Waals surface area contributed by atoms with E-state index in [-0.39, 0.29) is 12.5 Å². The molecule has 0 bridgehead atoms. The zero-order valence-corrected chi connectivity index (χ0v) is 14.0. The molecule has 2 aromatic carbocycles. The molecular weight excluding hydrogens is 330 g/mol. The van der Waals surface area contributed by atoms with Crippen molar-refractivity contribution in [3.05, 3.63) is 57.6 Å². The van der Waals surface area contributed by atoms with Gasteiger partial charge in [-0.15, -0.1) is 0 Å². The Balaban J connectivity index is 1.97. The maximum absolute atomic E-state index is 11.9. The Bertz CT molecular complexity index is 645. The van der Waals surface area contributed by atoms with Crippen LogP contribution in [-0.4, -0.2) is 12.5 Å². The van der Waals surface area contributed by atoms with Gasteiger partial charge in [0.25, 0.3) is 5.91 Å². The minimum Gasteiger partial charge on any atom is -0.484 e. The first-order valence-corrected chi connectivity index (χ1v) is 7.51. The van der Waals surface area contributed by atoms with Gasteiger partial charge in [-0.2, -0.15) is 0 Å². The molecule has 2 rings (SSSR count). The highest BCUT2D eigenvalue weighted by Gasteiger charge is 2.07. The molecule has 4 heteroatoms. The summed E-state index contributed by atoms with van der Waals surface area (Å²) in [5.41, 5.74) is 4.02. The zero-order chi connectivity index (χ0) is 15.4. The summed E-state index contributed by atoms with van der Waals surface area (Å²) in [7, 11) is 0. The number of rotatable bonds is 4. The number of carbonyl (C=O) groups is 1. The van der Waals surface area contributed by atoms with E-state index in [0.717, 1.165) is 26.9 Å². The summed E-state index contributed by atoms with van der Waals surface area (Å²) in [5.74, 6) is 0.538. The molecule has 21 heavy (non-hydrogen) atoms. The monoisotopic (exact) mass is 347 g/mol. The predicted molar refractivity (Wildman–Crippen MR) is 88.9 cm³/mol. The van der Waals surface area contributed by atoms with Crippen LogP contribution < -0.4 is 10.1 Å². The van der Waals surface area contributed by atoms with Gasteiger partial charge < -0.3 is 10.1 Å². The van der Waals surface area contributed by atoms with Crippen molar-refractivity contribution in [2.24, 2.45) is 0 Å². The smallest absolute Gasteiger partial charge is 0.262 e. The fourth-order valence-electron chi connectivity index (χ4n) is 2.04. The minimum absolute atomic E-state index is 0.00511. The lowest BCUT2D eigenvalue weighted by atomic mass is 10.1. The second-order valence-electron chi connectivity index (χ2n) is 5.02. The van der Waals surface area contributed by atoms with Crippen molar-refractivity contribution >= 4 is 27.5 Å². The lowest BCUT2D eigenvalue weighted by molar-refractivity contribution is -0.118. The van der Waals surface area contributed by atoms with Crippen LogP contribution in [0, 0.1) is 20.8 Å². The van der Waals surface area contributed by atoms with Crippen LogP contribution >= 0.6 is 15.9 Å². The summed E-state index contributed by atoms with van der Waals surface area (Å²) in [4.78, 5) is 11.9. The molecule has 0 unspecified atom stereocenters. The molecule has 0 fully saturated rings. The second-order valence-corrected chi connectivity index (χ2v) is 5.82. The molecule has 0 aliphatic carbocycles. The first-order chi connectivity index (χ1) is 9.97. The molecule has 0 spiro atoms. The molecule has 0 heterocycles. The predicted octanol–water partition coefficient (Wildman–Crippen LogP) is 4.39. The number of ether oxygens (including phenoxy) is 1. The van der Waals surface area contributed by atoms with E-state index in [1.165, 1.54) is 0 Å².